The fourth-order valence-electron chi connectivity index (χ4n) is 2.37. The summed E-state index contributed by atoms with van der Waals surface area (Å²) >= 11 is 0. The summed E-state index contributed by atoms with van der Waals surface area (Å²) in [6, 6.07) is -0.217. The van der Waals surface area contributed by atoms with Crippen molar-refractivity contribution in [2.75, 3.05) is 26.2 Å². The molecule has 0 amide bonds. The zero-order valence-corrected chi connectivity index (χ0v) is 8.41. The fourth-order valence-corrected chi connectivity index (χ4v) is 2.37. The molecular formula is C10H18N2O2. The first-order valence-corrected chi connectivity index (χ1v) is 5.46. The van der Waals surface area contributed by atoms with E-state index in [1.807, 2.05) is 0 Å². The molecule has 0 aromatic carbocycles. The molecule has 1 aliphatic heterocycles. The van der Waals surface area contributed by atoms with E-state index in [9.17, 15) is 9.90 Å². The second-order valence-corrected chi connectivity index (χ2v) is 4.26. The highest BCUT2D eigenvalue weighted by molar-refractivity contribution is 5.74. The molecule has 0 radical (unpaired) electrons. The summed E-state index contributed by atoms with van der Waals surface area (Å²) in [6.45, 7) is 3.62. The molecular weight excluding hydrogens is 180 g/mol. The van der Waals surface area contributed by atoms with Crippen LogP contribution in [0.2, 0.25) is 0 Å². The molecule has 1 saturated heterocycles. The minimum Gasteiger partial charge on any atom is -0.480 e. The van der Waals surface area contributed by atoms with Gasteiger partial charge in [-0.05, 0) is 18.8 Å². The Morgan fingerprint density at radius 1 is 1.36 bits per heavy atom. The van der Waals surface area contributed by atoms with Crippen LogP contribution in [0.15, 0.2) is 0 Å². The van der Waals surface area contributed by atoms with Gasteiger partial charge in [-0.3, -0.25) is 9.69 Å². The van der Waals surface area contributed by atoms with Gasteiger partial charge in [-0.15, -0.1) is 0 Å². The average Bonchev–Trinajstić information content (AvgIpc) is 2.12. The van der Waals surface area contributed by atoms with Crippen LogP contribution >= 0.6 is 0 Å². The lowest BCUT2D eigenvalue weighted by Crippen LogP contribution is -2.55. The summed E-state index contributed by atoms with van der Waals surface area (Å²) in [5.41, 5.74) is 0. The summed E-state index contributed by atoms with van der Waals surface area (Å²) in [5.74, 6) is -0.220. The molecule has 4 nitrogen and oxygen atoms in total. The van der Waals surface area contributed by atoms with Crippen LogP contribution in [0.4, 0.5) is 0 Å². The molecule has 14 heavy (non-hydrogen) atoms. The molecule has 2 rings (SSSR count). The van der Waals surface area contributed by atoms with E-state index >= 15 is 0 Å². The molecule has 0 aromatic heterocycles. The minimum atomic E-state index is -0.628. The van der Waals surface area contributed by atoms with Gasteiger partial charge in [-0.2, -0.15) is 0 Å². The molecule has 0 aromatic rings. The Hall–Kier alpha value is -0.610. The van der Waals surface area contributed by atoms with E-state index in [4.69, 9.17) is 0 Å². The minimum absolute atomic E-state index is 0.217. The van der Waals surface area contributed by atoms with Gasteiger partial charge in [0.2, 0.25) is 0 Å². The monoisotopic (exact) mass is 198 g/mol. The maximum absolute atomic E-state index is 11.2. The van der Waals surface area contributed by atoms with Crippen LogP contribution in [-0.2, 0) is 4.79 Å². The van der Waals surface area contributed by atoms with Crippen molar-refractivity contribution >= 4 is 5.97 Å². The van der Waals surface area contributed by atoms with E-state index in [1.165, 1.54) is 6.42 Å². The fraction of sp³-hybridized carbons (Fsp3) is 0.900. The topological polar surface area (TPSA) is 52.6 Å². The van der Waals surface area contributed by atoms with Gasteiger partial charge in [0.25, 0.3) is 0 Å². The molecule has 2 N–H and O–H groups in total. The standard InChI is InChI=1S/C10H18N2O2/c13-10(14)9(8-2-1-3-8)12-6-4-11-5-7-12/h8-9,11H,1-7H2,(H,13,14). The van der Waals surface area contributed by atoms with Crippen LogP contribution < -0.4 is 5.32 Å². The predicted molar refractivity (Wildman–Crippen MR) is 53.2 cm³/mol. The quantitative estimate of drug-likeness (QED) is 0.677. The first-order chi connectivity index (χ1) is 6.79. The van der Waals surface area contributed by atoms with Crippen LogP contribution in [0.3, 0.4) is 0 Å². The van der Waals surface area contributed by atoms with Crippen LogP contribution in [0.1, 0.15) is 19.3 Å². The number of carbonyl (C=O) groups is 1. The van der Waals surface area contributed by atoms with E-state index in [2.05, 4.69) is 10.2 Å². The summed E-state index contributed by atoms with van der Waals surface area (Å²) in [4.78, 5) is 13.3. The van der Waals surface area contributed by atoms with Gasteiger partial charge in [0, 0.05) is 26.2 Å². The highest BCUT2D eigenvalue weighted by atomic mass is 16.4. The predicted octanol–water partition coefficient (Wildman–Crippen LogP) is 0.145. The van der Waals surface area contributed by atoms with Crippen molar-refractivity contribution in [1.82, 2.24) is 10.2 Å². The number of hydrogen-bond acceptors (Lipinski definition) is 3. The molecule has 2 fully saturated rings. The van der Waals surface area contributed by atoms with Crippen LogP contribution in [0, 0.1) is 5.92 Å². The summed E-state index contributed by atoms with van der Waals surface area (Å²) < 4.78 is 0. The zero-order chi connectivity index (χ0) is 9.97. The lowest BCUT2D eigenvalue weighted by molar-refractivity contribution is -0.147. The molecule has 0 spiro atoms. The number of aliphatic carboxylic acids is 1. The Labute approximate surface area is 84.3 Å². The number of carboxylic acids is 1. The van der Waals surface area contributed by atoms with Crippen molar-refractivity contribution in [3.63, 3.8) is 0 Å². The SMILES string of the molecule is O=C(O)C(C1CCC1)N1CCNCC1. The molecule has 0 bridgehead atoms. The Bertz CT molecular complexity index is 210. The molecule has 80 valence electrons. The van der Waals surface area contributed by atoms with Crippen molar-refractivity contribution in [2.24, 2.45) is 5.92 Å². The number of hydrogen-bond donors (Lipinski definition) is 2. The van der Waals surface area contributed by atoms with Crippen molar-refractivity contribution in [1.29, 1.82) is 0 Å². The van der Waals surface area contributed by atoms with Crippen molar-refractivity contribution in [3.05, 3.63) is 0 Å². The lowest BCUT2D eigenvalue weighted by atomic mass is 9.79. The second-order valence-electron chi connectivity index (χ2n) is 4.26. The van der Waals surface area contributed by atoms with Crippen molar-refractivity contribution in [3.8, 4) is 0 Å². The van der Waals surface area contributed by atoms with Crippen LogP contribution in [0.25, 0.3) is 0 Å². The summed E-state index contributed by atoms with van der Waals surface area (Å²) in [7, 11) is 0. The third kappa shape index (κ3) is 1.91. The van der Waals surface area contributed by atoms with E-state index < -0.39 is 5.97 Å². The molecule has 1 unspecified atom stereocenters. The van der Waals surface area contributed by atoms with E-state index in [-0.39, 0.29) is 6.04 Å². The van der Waals surface area contributed by atoms with Crippen LogP contribution in [-0.4, -0.2) is 48.2 Å². The Balaban J connectivity index is 1.97. The Morgan fingerprint density at radius 3 is 2.43 bits per heavy atom. The first-order valence-electron chi connectivity index (χ1n) is 5.46. The highest BCUT2D eigenvalue weighted by Crippen LogP contribution is 2.32. The molecule has 1 heterocycles. The third-order valence-electron chi connectivity index (χ3n) is 3.39. The number of piperazine rings is 1. The normalized spacial score (nSPS) is 26.9. The molecule has 1 saturated carbocycles. The number of nitrogens with one attached hydrogen (secondary N) is 1. The second kappa shape index (κ2) is 4.28. The smallest absolute Gasteiger partial charge is 0.321 e. The summed E-state index contributed by atoms with van der Waals surface area (Å²) in [5, 5.41) is 12.4. The van der Waals surface area contributed by atoms with Crippen molar-refractivity contribution < 1.29 is 9.90 Å². The van der Waals surface area contributed by atoms with Crippen molar-refractivity contribution in [2.45, 2.75) is 25.3 Å². The van der Waals surface area contributed by atoms with E-state index in [0.29, 0.717) is 5.92 Å². The molecule has 4 heteroatoms. The van der Waals surface area contributed by atoms with Gasteiger partial charge >= 0.3 is 5.97 Å². The maximum Gasteiger partial charge on any atom is 0.321 e. The number of nitrogens with zero attached hydrogens (tertiary/aromatic N) is 1. The first kappa shape index (κ1) is 9.93. The molecule has 1 aliphatic carbocycles. The van der Waals surface area contributed by atoms with Gasteiger partial charge in [-0.1, -0.05) is 6.42 Å². The highest BCUT2D eigenvalue weighted by Gasteiger charge is 2.37. The van der Waals surface area contributed by atoms with Gasteiger partial charge in [0.15, 0.2) is 0 Å². The summed E-state index contributed by atoms with van der Waals surface area (Å²) in [6.07, 6.45) is 3.41. The van der Waals surface area contributed by atoms with E-state index in [0.717, 1.165) is 39.0 Å². The third-order valence-corrected chi connectivity index (χ3v) is 3.39. The van der Waals surface area contributed by atoms with E-state index in [1.54, 1.807) is 0 Å². The maximum atomic E-state index is 11.2. The molecule has 2 aliphatic rings. The van der Waals surface area contributed by atoms with Gasteiger partial charge < -0.3 is 10.4 Å². The average molecular weight is 198 g/mol. The number of rotatable bonds is 3. The lowest BCUT2D eigenvalue weighted by Gasteiger charge is -2.40. The van der Waals surface area contributed by atoms with Crippen LogP contribution in [0.5, 0.6) is 0 Å². The number of carboxylic acid groups (broad SMARTS) is 1. The van der Waals surface area contributed by atoms with Gasteiger partial charge in [0.05, 0.1) is 0 Å². The Kier molecular flexibility index (Phi) is 3.03. The van der Waals surface area contributed by atoms with Gasteiger partial charge in [-0.25, -0.2) is 0 Å². The zero-order valence-electron chi connectivity index (χ0n) is 8.41. The Morgan fingerprint density at radius 2 is 2.00 bits per heavy atom. The van der Waals surface area contributed by atoms with Gasteiger partial charge in [0.1, 0.15) is 6.04 Å². The molecule has 1 atom stereocenters. The largest absolute Gasteiger partial charge is 0.480 e.